The van der Waals surface area contributed by atoms with E-state index in [1.807, 2.05) is 115 Å². The van der Waals surface area contributed by atoms with E-state index in [4.69, 9.17) is 14.6 Å². The molecule has 1 N–H and O–H groups in total. The predicted molar refractivity (Wildman–Crippen MR) is 158 cm³/mol. The Hall–Kier alpha value is -5.17. The lowest BCUT2D eigenvalue weighted by molar-refractivity contribution is -0.123. The number of aromatic nitrogens is 2. The fraction of sp³-hybridized carbons (Fsp3) is 0.121. The minimum absolute atomic E-state index is 0.155. The zero-order valence-corrected chi connectivity index (χ0v) is 22.2. The summed E-state index contributed by atoms with van der Waals surface area (Å²) in [7, 11) is 0. The Morgan fingerprint density at radius 1 is 0.800 bits per heavy atom. The standard InChI is InChI=1S/C33H30N4O3/c1-2-21-39-30-19-15-27(16-20-30)33-28(23-37(36-33)29-11-7-4-8-12-29)22-34-35-32(38)24-40-31-17-13-26(14-18-31)25-9-5-3-6-10-25/h3-20,22-23H,2,21,24H2,1H3,(H,35,38)/b34-22+. The molecule has 5 rings (SSSR count). The van der Waals surface area contributed by atoms with Crippen molar-refractivity contribution in [3.8, 4) is 39.6 Å². The molecule has 1 aromatic heterocycles. The molecule has 0 aliphatic carbocycles. The molecule has 0 radical (unpaired) electrons. The third kappa shape index (κ3) is 6.82. The number of hydrogen-bond acceptors (Lipinski definition) is 5. The number of hydrogen-bond donors (Lipinski definition) is 1. The van der Waals surface area contributed by atoms with Crippen LogP contribution in [0.25, 0.3) is 28.1 Å². The van der Waals surface area contributed by atoms with Crippen LogP contribution in [0.2, 0.25) is 0 Å². The van der Waals surface area contributed by atoms with Crippen LogP contribution in [0.15, 0.2) is 120 Å². The molecule has 0 saturated heterocycles. The van der Waals surface area contributed by atoms with Crippen LogP contribution < -0.4 is 14.9 Å². The normalized spacial score (nSPS) is 10.9. The van der Waals surface area contributed by atoms with Crippen LogP contribution >= 0.6 is 0 Å². The minimum Gasteiger partial charge on any atom is -0.494 e. The summed E-state index contributed by atoms with van der Waals surface area (Å²) in [6.07, 6.45) is 4.42. The molecule has 0 saturated carbocycles. The van der Waals surface area contributed by atoms with Crippen molar-refractivity contribution in [2.45, 2.75) is 13.3 Å². The molecule has 7 heteroatoms. The monoisotopic (exact) mass is 530 g/mol. The highest BCUT2D eigenvalue weighted by molar-refractivity contribution is 5.90. The summed E-state index contributed by atoms with van der Waals surface area (Å²) in [5.74, 6) is 1.06. The number of amides is 1. The molecule has 200 valence electrons. The van der Waals surface area contributed by atoms with Gasteiger partial charge >= 0.3 is 0 Å². The quantitative estimate of drug-likeness (QED) is 0.156. The number of carbonyl (C=O) groups excluding carboxylic acids is 1. The maximum Gasteiger partial charge on any atom is 0.277 e. The largest absolute Gasteiger partial charge is 0.494 e. The van der Waals surface area contributed by atoms with E-state index in [1.54, 1.807) is 10.9 Å². The second kappa shape index (κ2) is 13.1. The molecular formula is C33H30N4O3. The summed E-state index contributed by atoms with van der Waals surface area (Å²) in [6.45, 7) is 2.59. The number of nitrogens with zero attached hydrogens (tertiary/aromatic N) is 3. The number of para-hydroxylation sites is 1. The van der Waals surface area contributed by atoms with E-state index in [0.29, 0.717) is 12.4 Å². The van der Waals surface area contributed by atoms with E-state index in [0.717, 1.165) is 45.8 Å². The van der Waals surface area contributed by atoms with Gasteiger partial charge in [-0.05, 0) is 66.1 Å². The van der Waals surface area contributed by atoms with Crippen molar-refractivity contribution in [3.63, 3.8) is 0 Å². The molecule has 1 heterocycles. The van der Waals surface area contributed by atoms with Crippen LogP contribution in [0, 0.1) is 0 Å². The molecule has 0 atom stereocenters. The molecular weight excluding hydrogens is 500 g/mol. The lowest BCUT2D eigenvalue weighted by Gasteiger charge is -2.07. The van der Waals surface area contributed by atoms with Gasteiger partial charge in [-0.1, -0.05) is 67.6 Å². The van der Waals surface area contributed by atoms with Crippen LogP contribution in [-0.4, -0.2) is 35.1 Å². The highest BCUT2D eigenvalue weighted by Crippen LogP contribution is 2.25. The summed E-state index contributed by atoms with van der Waals surface area (Å²) >= 11 is 0. The Bertz CT molecular complexity index is 1550. The number of benzene rings is 4. The van der Waals surface area contributed by atoms with Crippen molar-refractivity contribution in [1.29, 1.82) is 0 Å². The Balaban J connectivity index is 1.24. The average molecular weight is 531 g/mol. The number of rotatable bonds is 11. The topological polar surface area (TPSA) is 77.7 Å². The molecule has 0 unspecified atom stereocenters. The van der Waals surface area contributed by atoms with E-state index in [9.17, 15) is 4.79 Å². The lowest BCUT2D eigenvalue weighted by atomic mass is 10.1. The molecule has 4 aromatic carbocycles. The van der Waals surface area contributed by atoms with Crippen molar-refractivity contribution in [3.05, 3.63) is 121 Å². The van der Waals surface area contributed by atoms with Crippen LogP contribution in [0.5, 0.6) is 11.5 Å². The SMILES string of the molecule is CCCOc1ccc(-c2nn(-c3ccccc3)cc2/C=N/NC(=O)COc2ccc(-c3ccccc3)cc2)cc1. The first-order chi connectivity index (χ1) is 19.7. The molecule has 40 heavy (non-hydrogen) atoms. The number of ether oxygens (including phenoxy) is 2. The summed E-state index contributed by atoms with van der Waals surface area (Å²) in [5, 5.41) is 8.97. The molecule has 0 fully saturated rings. The average Bonchev–Trinajstić information content (AvgIpc) is 3.44. The number of hydrazone groups is 1. The van der Waals surface area contributed by atoms with E-state index in [2.05, 4.69) is 17.5 Å². The summed E-state index contributed by atoms with van der Waals surface area (Å²) in [4.78, 5) is 12.4. The van der Waals surface area contributed by atoms with Crippen molar-refractivity contribution < 1.29 is 14.3 Å². The fourth-order valence-corrected chi connectivity index (χ4v) is 4.08. The maximum absolute atomic E-state index is 12.4. The summed E-state index contributed by atoms with van der Waals surface area (Å²) in [5.41, 5.74) is 8.07. The first-order valence-corrected chi connectivity index (χ1v) is 13.2. The highest BCUT2D eigenvalue weighted by atomic mass is 16.5. The van der Waals surface area contributed by atoms with Gasteiger partial charge in [-0.3, -0.25) is 4.79 Å². The molecule has 7 nitrogen and oxygen atoms in total. The molecule has 0 spiro atoms. The molecule has 1 amide bonds. The third-order valence-electron chi connectivity index (χ3n) is 6.09. The van der Waals surface area contributed by atoms with Gasteiger partial charge in [-0.2, -0.15) is 10.2 Å². The smallest absolute Gasteiger partial charge is 0.277 e. The van der Waals surface area contributed by atoms with E-state index >= 15 is 0 Å². The molecule has 0 aliphatic rings. The van der Waals surface area contributed by atoms with Crippen molar-refractivity contribution >= 4 is 12.1 Å². The van der Waals surface area contributed by atoms with E-state index < -0.39 is 0 Å². The zero-order valence-electron chi connectivity index (χ0n) is 22.2. The van der Waals surface area contributed by atoms with Crippen molar-refractivity contribution in [2.75, 3.05) is 13.2 Å². The van der Waals surface area contributed by atoms with E-state index in [1.165, 1.54) is 0 Å². The Kier molecular flexibility index (Phi) is 8.63. The molecule has 0 aliphatic heterocycles. The van der Waals surface area contributed by atoms with Gasteiger partial charge in [0.05, 0.1) is 18.5 Å². The van der Waals surface area contributed by atoms with Gasteiger partial charge in [0.2, 0.25) is 0 Å². The lowest BCUT2D eigenvalue weighted by Crippen LogP contribution is -2.24. The fourth-order valence-electron chi connectivity index (χ4n) is 4.08. The number of nitrogens with one attached hydrogen (secondary N) is 1. The first kappa shape index (κ1) is 26.4. The van der Waals surface area contributed by atoms with Gasteiger partial charge < -0.3 is 9.47 Å². The van der Waals surface area contributed by atoms with Gasteiger partial charge in [-0.25, -0.2) is 10.1 Å². The van der Waals surface area contributed by atoms with Crippen LogP contribution in [-0.2, 0) is 4.79 Å². The van der Waals surface area contributed by atoms with Crippen molar-refractivity contribution in [2.24, 2.45) is 5.10 Å². The van der Waals surface area contributed by atoms with Crippen molar-refractivity contribution in [1.82, 2.24) is 15.2 Å². The van der Waals surface area contributed by atoms with Gasteiger partial charge in [0, 0.05) is 17.3 Å². The summed E-state index contributed by atoms with van der Waals surface area (Å²) in [6, 6.07) is 35.3. The second-order valence-electron chi connectivity index (χ2n) is 9.06. The maximum atomic E-state index is 12.4. The van der Waals surface area contributed by atoms with Gasteiger partial charge in [0.15, 0.2) is 6.61 Å². The first-order valence-electron chi connectivity index (χ1n) is 13.2. The Morgan fingerprint density at radius 2 is 1.40 bits per heavy atom. The third-order valence-corrected chi connectivity index (χ3v) is 6.09. The molecule has 5 aromatic rings. The Labute approximate surface area is 233 Å². The van der Waals surface area contributed by atoms with Crippen LogP contribution in [0.4, 0.5) is 0 Å². The second-order valence-corrected chi connectivity index (χ2v) is 9.06. The predicted octanol–water partition coefficient (Wildman–Crippen LogP) is 6.52. The Morgan fingerprint density at radius 3 is 2.08 bits per heavy atom. The molecule has 0 bridgehead atoms. The highest BCUT2D eigenvalue weighted by Gasteiger charge is 2.12. The zero-order chi connectivity index (χ0) is 27.6. The van der Waals surface area contributed by atoms with Crippen LogP contribution in [0.3, 0.4) is 0 Å². The minimum atomic E-state index is -0.363. The summed E-state index contributed by atoms with van der Waals surface area (Å²) < 4.78 is 13.1. The van der Waals surface area contributed by atoms with Gasteiger partial charge in [0.1, 0.15) is 17.2 Å². The van der Waals surface area contributed by atoms with E-state index in [-0.39, 0.29) is 12.5 Å². The van der Waals surface area contributed by atoms with Crippen LogP contribution in [0.1, 0.15) is 18.9 Å². The van der Waals surface area contributed by atoms with Gasteiger partial charge in [0.25, 0.3) is 5.91 Å². The number of carbonyl (C=O) groups is 1. The van der Waals surface area contributed by atoms with Gasteiger partial charge in [-0.15, -0.1) is 0 Å².